The number of pyridine rings is 1. The first-order valence-electron chi connectivity index (χ1n) is 8.20. The van der Waals surface area contributed by atoms with Crippen LogP contribution < -0.4 is 4.74 Å². The molecule has 132 valence electrons. The summed E-state index contributed by atoms with van der Waals surface area (Å²) < 4.78 is 7.57. The summed E-state index contributed by atoms with van der Waals surface area (Å²) in [5.41, 5.74) is 2.04. The molecule has 1 atom stereocenters. The average molecular weight is 350 g/mol. The fourth-order valence-corrected chi connectivity index (χ4v) is 2.88. The maximum absolute atomic E-state index is 9.43. The first-order valence-corrected chi connectivity index (χ1v) is 8.20. The highest BCUT2D eigenvalue weighted by molar-refractivity contribution is 5.80. The Labute approximate surface area is 150 Å². The molecular weight excluding hydrogens is 332 g/mol. The zero-order valence-electron chi connectivity index (χ0n) is 14.5. The molecule has 0 unspecified atom stereocenters. The second-order valence-corrected chi connectivity index (χ2v) is 6.35. The molecule has 1 aliphatic heterocycles. The third kappa shape index (κ3) is 2.99. The number of aryl methyl sites for hydroxylation is 1. The highest BCUT2D eigenvalue weighted by atomic mass is 16.7. The number of phenolic OH excluding ortho intramolecular Hbond substituents is 1. The standard InChI is InChI=1S/C19H18N4O3/c1-19(13-3-5-14(24)6-4-13)11-18(22-26-19)25-15-7-8-16(20-12-15)17-9-10-21-23(17)2/h3-10,12,24H,11H2,1-2H3/t19-/m0/s1. The van der Waals surface area contributed by atoms with Crippen LogP contribution in [0.1, 0.15) is 18.9 Å². The van der Waals surface area contributed by atoms with Gasteiger partial charge >= 0.3 is 0 Å². The van der Waals surface area contributed by atoms with Gasteiger partial charge in [0.25, 0.3) is 0 Å². The lowest BCUT2D eigenvalue weighted by atomic mass is 9.93. The van der Waals surface area contributed by atoms with Crippen molar-refractivity contribution in [2.45, 2.75) is 18.9 Å². The maximum Gasteiger partial charge on any atom is 0.235 e. The number of benzene rings is 1. The molecule has 0 amide bonds. The van der Waals surface area contributed by atoms with Gasteiger partial charge in [0.2, 0.25) is 5.90 Å². The minimum Gasteiger partial charge on any atom is -0.508 e. The molecule has 0 aliphatic carbocycles. The zero-order valence-corrected chi connectivity index (χ0v) is 14.5. The van der Waals surface area contributed by atoms with Crippen LogP contribution in [0.15, 0.2) is 60.0 Å². The molecular formula is C19H18N4O3. The number of nitrogens with zero attached hydrogens (tertiary/aromatic N) is 4. The maximum atomic E-state index is 9.43. The van der Waals surface area contributed by atoms with Crippen molar-refractivity contribution in [3.63, 3.8) is 0 Å². The molecule has 26 heavy (non-hydrogen) atoms. The Balaban J connectivity index is 1.45. The number of oxime groups is 1. The molecule has 3 aromatic rings. The van der Waals surface area contributed by atoms with Crippen molar-refractivity contribution in [3.05, 3.63) is 60.4 Å². The van der Waals surface area contributed by atoms with Crippen LogP contribution in [-0.4, -0.2) is 25.8 Å². The number of ether oxygens (including phenoxy) is 1. The van der Waals surface area contributed by atoms with E-state index in [-0.39, 0.29) is 5.75 Å². The van der Waals surface area contributed by atoms with Crippen LogP contribution in [0.5, 0.6) is 11.5 Å². The number of aromatic nitrogens is 3. The Morgan fingerprint density at radius 2 is 1.96 bits per heavy atom. The molecule has 1 aliphatic rings. The van der Waals surface area contributed by atoms with Gasteiger partial charge in [-0.1, -0.05) is 17.3 Å². The van der Waals surface area contributed by atoms with Gasteiger partial charge in [-0.25, -0.2) is 0 Å². The molecule has 1 aromatic carbocycles. The van der Waals surface area contributed by atoms with Crippen LogP contribution in [0.2, 0.25) is 0 Å². The van der Waals surface area contributed by atoms with Crippen molar-refractivity contribution in [1.82, 2.24) is 14.8 Å². The van der Waals surface area contributed by atoms with Gasteiger partial charge in [0.1, 0.15) is 11.5 Å². The van der Waals surface area contributed by atoms with Gasteiger partial charge in [-0.2, -0.15) is 5.10 Å². The molecule has 4 rings (SSSR count). The predicted octanol–water partition coefficient (Wildman–Crippen LogP) is 3.22. The minimum absolute atomic E-state index is 0.215. The van der Waals surface area contributed by atoms with Crippen molar-refractivity contribution in [2.24, 2.45) is 12.2 Å². The SMILES string of the molecule is Cn1nccc1-c1ccc(OC2=NO[C@](C)(c3ccc(O)cc3)C2)cn1. The Hall–Kier alpha value is -3.35. The topological polar surface area (TPSA) is 81.8 Å². The van der Waals surface area contributed by atoms with Crippen molar-refractivity contribution in [1.29, 1.82) is 0 Å². The third-order valence-corrected chi connectivity index (χ3v) is 4.37. The monoisotopic (exact) mass is 350 g/mol. The number of hydrogen-bond donors (Lipinski definition) is 1. The normalized spacial score (nSPS) is 19.1. The average Bonchev–Trinajstić information content (AvgIpc) is 3.23. The third-order valence-electron chi connectivity index (χ3n) is 4.37. The summed E-state index contributed by atoms with van der Waals surface area (Å²) in [5, 5.41) is 17.6. The molecule has 7 nitrogen and oxygen atoms in total. The van der Waals surface area contributed by atoms with Gasteiger partial charge in [-0.3, -0.25) is 9.67 Å². The summed E-state index contributed by atoms with van der Waals surface area (Å²) in [7, 11) is 1.87. The summed E-state index contributed by atoms with van der Waals surface area (Å²) in [6.07, 6.45) is 3.87. The largest absolute Gasteiger partial charge is 0.508 e. The van der Waals surface area contributed by atoms with E-state index >= 15 is 0 Å². The lowest BCUT2D eigenvalue weighted by Crippen LogP contribution is -2.23. The van der Waals surface area contributed by atoms with Gasteiger partial charge in [0.15, 0.2) is 5.60 Å². The van der Waals surface area contributed by atoms with Crippen molar-refractivity contribution in [3.8, 4) is 22.9 Å². The Morgan fingerprint density at radius 3 is 2.62 bits per heavy atom. The molecule has 0 bridgehead atoms. The summed E-state index contributed by atoms with van der Waals surface area (Å²) in [6.45, 7) is 1.93. The van der Waals surface area contributed by atoms with Gasteiger partial charge in [0, 0.05) is 13.2 Å². The van der Waals surface area contributed by atoms with Crippen LogP contribution in [0.4, 0.5) is 0 Å². The van der Waals surface area contributed by atoms with E-state index in [1.54, 1.807) is 29.2 Å². The second-order valence-electron chi connectivity index (χ2n) is 6.35. The molecule has 0 saturated heterocycles. The van der Waals surface area contributed by atoms with E-state index in [4.69, 9.17) is 9.57 Å². The predicted molar refractivity (Wildman–Crippen MR) is 95.7 cm³/mol. The second kappa shape index (κ2) is 6.18. The number of hydrogen-bond acceptors (Lipinski definition) is 6. The van der Waals surface area contributed by atoms with Gasteiger partial charge in [-0.15, -0.1) is 0 Å². The van der Waals surface area contributed by atoms with Crippen molar-refractivity contribution in [2.75, 3.05) is 0 Å². The van der Waals surface area contributed by atoms with E-state index < -0.39 is 5.60 Å². The zero-order chi connectivity index (χ0) is 18.1. The summed E-state index contributed by atoms with van der Waals surface area (Å²) in [4.78, 5) is 10.0. The van der Waals surface area contributed by atoms with Gasteiger partial charge in [0.05, 0.1) is 24.0 Å². The number of phenols is 1. The highest BCUT2D eigenvalue weighted by Gasteiger charge is 2.37. The van der Waals surface area contributed by atoms with Gasteiger partial charge in [-0.05, 0) is 42.8 Å². The Bertz CT molecular complexity index is 948. The van der Waals surface area contributed by atoms with Crippen molar-refractivity contribution >= 4 is 5.90 Å². The lowest BCUT2D eigenvalue weighted by molar-refractivity contribution is -0.00742. The van der Waals surface area contributed by atoms with Crippen LogP contribution in [0.3, 0.4) is 0 Å². The van der Waals surface area contributed by atoms with E-state index in [0.29, 0.717) is 18.1 Å². The quantitative estimate of drug-likeness (QED) is 0.784. The van der Waals surface area contributed by atoms with E-state index in [9.17, 15) is 5.11 Å². The van der Waals surface area contributed by atoms with Gasteiger partial charge < -0.3 is 14.7 Å². The highest BCUT2D eigenvalue weighted by Crippen LogP contribution is 2.35. The fraction of sp³-hybridized carbons (Fsp3) is 0.211. The molecule has 7 heteroatoms. The van der Waals surface area contributed by atoms with E-state index in [1.165, 1.54) is 0 Å². The molecule has 3 heterocycles. The Kier molecular flexibility index (Phi) is 3.84. The van der Waals surface area contributed by atoms with E-state index in [0.717, 1.165) is 17.0 Å². The summed E-state index contributed by atoms with van der Waals surface area (Å²) in [6, 6.07) is 12.5. The Morgan fingerprint density at radius 1 is 1.15 bits per heavy atom. The van der Waals surface area contributed by atoms with Crippen LogP contribution in [0.25, 0.3) is 11.4 Å². The van der Waals surface area contributed by atoms with Crippen LogP contribution in [0, 0.1) is 0 Å². The van der Waals surface area contributed by atoms with E-state index in [2.05, 4.69) is 15.2 Å². The van der Waals surface area contributed by atoms with Crippen LogP contribution in [-0.2, 0) is 17.5 Å². The van der Waals surface area contributed by atoms with Crippen molar-refractivity contribution < 1.29 is 14.7 Å². The summed E-state index contributed by atoms with van der Waals surface area (Å²) >= 11 is 0. The number of rotatable bonds is 3. The molecule has 0 fully saturated rings. The first kappa shape index (κ1) is 16.1. The molecule has 2 aromatic heterocycles. The lowest BCUT2D eigenvalue weighted by Gasteiger charge is -2.21. The summed E-state index contributed by atoms with van der Waals surface area (Å²) in [5.74, 6) is 1.29. The van der Waals surface area contributed by atoms with Crippen LogP contribution >= 0.6 is 0 Å². The smallest absolute Gasteiger partial charge is 0.235 e. The molecule has 0 spiro atoms. The molecule has 0 radical (unpaired) electrons. The molecule has 1 N–H and O–H groups in total. The number of aromatic hydroxyl groups is 1. The minimum atomic E-state index is -0.620. The fourth-order valence-electron chi connectivity index (χ4n) is 2.88. The first-order chi connectivity index (χ1) is 12.5. The molecule has 0 saturated carbocycles. The van der Waals surface area contributed by atoms with E-state index in [1.807, 2.05) is 44.3 Å².